The van der Waals surface area contributed by atoms with Crippen LogP contribution in [-0.2, 0) is 19.4 Å². The van der Waals surface area contributed by atoms with Crippen molar-refractivity contribution in [1.29, 1.82) is 0 Å². The summed E-state index contributed by atoms with van der Waals surface area (Å²) in [5.41, 5.74) is 2.93. The van der Waals surface area contributed by atoms with Gasteiger partial charge in [-0.2, -0.15) is 0 Å². The predicted octanol–water partition coefficient (Wildman–Crippen LogP) is 7.11. The lowest BCUT2D eigenvalue weighted by molar-refractivity contribution is 0.194. The summed E-state index contributed by atoms with van der Waals surface area (Å²) in [6, 6.07) is 8.23. The summed E-state index contributed by atoms with van der Waals surface area (Å²) in [5, 5.41) is 3.52. The number of thiophene rings is 1. The molecule has 1 N–H and O–H groups in total. The third-order valence-electron chi connectivity index (χ3n) is 6.81. The second kappa shape index (κ2) is 8.81. The van der Waals surface area contributed by atoms with E-state index in [1.165, 1.54) is 27.5 Å². The molecular formula is C27H21F4N3OS. The molecule has 6 rings (SSSR count). The van der Waals surface area contributed by atoms with Crippen molar-refractivity contribution < 1.29 is 22.4 Å². The Balaban J connectivity index is 1.51. The number of carbonyl (C=O) groups excluding carboxylic acids is 1. The van der Waals surface area contributed by atoms with Crippen molar-refractivity contribution >= 4 is 23.1 Å². The van der Waals surface area contributed by atoms with Gasteiger partial charge in [0, 0.05) is 28.8 Å². The van der Waals surface area contributed by atoms with Crippen LogP contribution in [0.3, 0.4) is 0 Å². The van der Waals surface area contributed by atoms with E-state index < -0.39 is 35.3 Å². The van der Waals surface area contributed by atoms with Crippen LogP contribution < -0.4 is 5.32 Å². The number of hydrogen-bond acceptors (Lipinski definition) is 2. The minimum Gasteiger partial charge on any atom is -0.310 e. The Hall–Kier alpha value is -3.59. The van der Waals surface area contributed by atoms with Gasteiger partial charge in [-0.15, -0.1) is 11.3 Å². The molecule has 9 heteroatoms. The van der Waals surface area contributed by atoms with Gasteiger partial charge >= 0.3 is 6.03 Å². The van der Waals surface area contributed by atoms with Crippen LogP contribution in [-0.4, -0.2) is 15.5 Å². The third kappa shape index (κ3) is 3.87. The van der Waals surface area contributed by atoms with Gasteiger partial charge in [-0.3, -0.25) is 0 Å². The van der Waals surface area contributed by atoms with Crippen molar-refractivity contribution in [3.05, 3.63) is 105 Å². The Kier molecular flexibility index (Phi) is 5.59. The molecule has 0 radical (unpaired) electrons. The molecule has 0 saturated carbocycles. The van der Waals surface area contributed by atoms with Crippen LogP contribution in [0.25, 0.3) is 5.00 Å². The van der Waals surface area contributed by atoms with E-state index in [9.17, 15) is 22.4 Å². The number of nitrogens with one attached hydrogen (secondary N) is 1. The van der Waals surface area contributed by atoms with Crippen molar-refractivity contribution in [3.63, 3.8) is 0 Å². The highest BCUT2D eigenvalue weighted by Crippen LogP contribution is 2.44. The summed E-state index contributed by atoms with van der Waals surface area (Å²) in [5.74, 6) is -3.20. The predicted molar refractivity (Wildman–Crippen MR) is 129 cm³/mol. The van der Waals surface area contributed by atoms with E-state index in [4.69, 9.17) is 0 Å². The number of urea groups is 1. The molecular weight excluding hydrogens is 490 g/mol. The fourth-order valence-electron chi connectivity index (χ4n) is 5.25. The first-order valence-corrected chi connectivity index (χ1v) is 12.5. The smallest absolute Gasteiger partial charge is 0.310 e. The topological polar surface area (TPSA) is 37.3 Å². The van der Waals surface area contributed by atoms with Crippen molar-refractivity contribution in [2.24, 2.45) is 0 Å². The number of halogens is 4. The van der Waals surface area contributed by atoms with Crippen LogP contribution in [0.5, 0.6) is 0 Å². The summed E-state index contributed by atoms with van der Waals surface area (Å²) in [4.78, 5) is 16.5. The zero-order valence-electron chi connectivity index (χ0n) is 19.0. The number of rotatable bonds is 2. The molecule has 184 valence electrons. The van der Waals surface area contributed by atoms with Crippen LogP contribution in [0.1, 0.15) is 46.1 Å². The van der Waals surface area contributed by atoms with Crippen LogP contribution in [0.15, 0.2) is 54.7 Å². The highest BCUT2D eigenvalue weighted by atomic mass is 32.1. The standard InChI is InChI=1S/C27H21F4N3OS/c28-16-7-8-22(21(31)13-16)32-27(35)34-14-20-19-4-1-2-6-24(19)36-26(20)33-9-3-5-23(33)25(34)15-10-17(29)12-18(30)11-15/h3,5,7-13,25H,1-2,4,6,14H2,(H,32,35)/t25-/m1/s1. The lowest BCUT2D eigenvalue weighted by Gasteiger charge is -2.31. The highest BCUT2D eigenvalue weighted by Gasteiger charge is 2.36. The molecule has 4 nitrogen and oxygen atoms in total. The number of nitrogens with zero attached hydrogens (tertiary/aromatic N) is 2. The molecule has 0 bridgehead atoms. The van der Waals surface area contributed by atoms with Crippen molar-refractivity contribution in [3.8, 4) is 5.00 Å². The first-order chi connectivity index (χ1) is 17.4. The number of aryl methyl sites for hydroxylation is 1. The molecule has 2 aromatic heterocycles. The number of benzene rings is 2. The van der Waals surface area contributed by atoms with Gasteiger partial charge in [0.05, 0.1) is 17.9 Å². The van der Waals surface area contributed by atoms with Gasteiger partial charge in [0.1, 0.15) is 34.3 Å². The van der Waals surface area contributed by atoms with Gasteiger partial charge in [0.15, 0.2) is 0 Å². The Morgan fingerprint density at radius 2 is 1.69 bits per heavy atom. The van der Waals surface area contributed by atoms with E-state index in [2.05, 4.69) is 5.32 Å². The summed E-state index contributed by atoms with van der Waals surface area (Å²) in [6.07, 6.45) is 5.89. The highest BCUT2D eigenvalue weighted by molar-refractivity contribution is 7.15. The van der Waals surface area contributed by atoms with E-state index >= 15 is 0 Å². The van der Waals surface area contributed by atoms with Crippen LogP contribution >= 0.6 is 11.3 Å². The Labute approximate surface area is 208 Å². The molecule has 4 aromatic rings. The first-order valence-electron chi connectivity index (χ1n) is 11.7. The van der Waals surface area contributed by atoms with Gasteiger partial charge in [0.25, 0.3) is 0 Å². The van der Waals surface area contributed by atoms with Gasteiger partial charge in [0.2, 0.25) is 0 Å². The molecule has 3 heterocycles. The molecule has 36 heavy (non-hydrogen) atoms. The molecule has 0 unspecified atom stereocenters. The molecule has 2 aliphatic rings. The first kappa shape index (κ1) is 22.8. The fourth-order valence-corrected chi connectivity index (χ4v) is 6.65. The molecule has 1 aliphatic heterocycles. The molecule has 0 spiro atoms. The van der Waals surface area contributed by atoms with E-state index in [0.29, 0.717) is 11.8 Å². The van der Waals surface area contributed by atoms with Crippen molar-refractivity contribution in [2.75, 3.05) is 5.32 Å². The lowest BCUT2D eigenvalue weighted by Crippen LogP contribution is -2.38. The van der Waals surface area contributed by atoms with Crippen LogP contribution in [0.4, 0.5) is 28.0 Å². The van der Waals surface area contributed by atoms with E-state index in [-0.39, 0.29) is 17.8 Å². The maximum absolute atomic E-state index is 14.4. The number of hydrogen-bond donors (Lipinski definition) is 1. The number of fused-ring (bicyclic) bond motifs is 5. The number of carbonyl (C=O) groups is 1. The molecule has 2 amide bonds. The Bertz CT molecular complexity index is 1470. The second-order valence-electron chi connectivity index (χ2n) is 9.09. The minimum absolute atomic E-state index is 0.167. The Morgan fingerprint density at radius 3 is 2.47 bits per heavy atom. The summed E-state index contributed by atoms with van der Waals surface area (Å²) in [7, 11) is 0. The molecule has 2 aromatic carbocycles. The largest absolute Gasteiger partial charge is 0.323 e. The van der Waals surface area contributed by atoms with E-state index in [0.717, 1.165) is 54.4 Å². The monoisotopic (exact) mass is 511 g/mol. The van der Waals surface area contributed by atoms with Crippen molar-refractivity contribution in [2.45, 2.75) is 38.3 Å². The average molecular weight is 512 g/mol. The number of aromatic nitrogens is 1. The molecule has 0 saturated heterocycles. The summed E-state index contributed by atoms with van der Waals surface area (Å²) >= 11 is 1.68. The minimum atomic E-state index is -0.913. The third-order valence-corrected chi connectivity index (χ3v) is 8.15. The van der Waals surface area contributed by atoms with E-state index in [1.54, 1.807) is 11.3 Å². The quantitative estimate of drug-likeness (QED) is 0.286. The van der Waals surface area contributed by atoms with Gasteiger partial charge in [-0.1, -0.05) is 0 Å². The van der Waals surface area contributed by atoms with Crippen LogP contribution in [0, 0.1) is 23.3 Å². The van der Waals surface area contributed by atoms with Crippen LogP contribution in [0.2, 0.25) is 0 Å². The van der Waals surface area contributed by atoms with E-state index in [1.807, 2.05) is 22.9 Å². The number of anilines is 1. The van der Waals surface area contributed by atoms with Gasteiger partial charge in [-0.25, -0.2) is 22.4 Å². The molecule has 1 atom stereocenters. The molecule has 1 aliphatic carbocycles. The normalized spacial score (nSPS) is 16.7. The SMILES string of the molecule is O=C(Nc1ccc(F)cc1F)N1Cc2c(sc3c2CCCC3)-n2cccc2[C@H]1c1cc(F)cc(F)c1. The lowest BCUT2D eigenvalue weighted by atomic mass is 9.95. The molecule has 0 fully saturated rings. The Morgan fingerprint density at radius 1 is 0.917 bits per heavy atom. The average Bonchev–Trinajstić information content (AvgIpc) is 3.42. The zero-order valence-corrected chi connectivity index (χ0v) is 19.8. The second-order valence-corrected chi connectivity index (χ2v) is 10.2. The summed E-state index contributed by atoms with van der Waals surface area (Å²) < 4.78 is 58.5. The van der Waals surface area contributed by atoms with Crippen molar-refractivity contribution in [1.82, 2.24) is 9.47 Å². The maximum atomic E-state index is 14.4. The van der Waals surface area contributed by atoms with Gasteiger partial charge < -0.3 is 14.8 Å². The number of amides is 2. The zero-order chi connectivity index (χ0) is 25.0. The van der Waals surface area contributed by atoms with Gasteiger partial charge in [-0.05, 0) is 73.2 Å². The fraction of sp³-hybridized carbons (Fsp3) is 0.222. The maximum Gasteiger partial charge on any atom is 0.323 e. The summed E-state index contributed by atoms with van der Waals surface area (Å²) in [6.45, 7) is 0.167.